The van der Waals surface area contributed by atoms with Crippen LogP contribution in [0.3, 0.4) is 0 Å². The van der Waals surface area contributed by atoms with Crippen molar-refractivity contribution in [3.05, 3.63) is 0 Å². The summed E-state index contributed by atoms with van der Waals surface area (Å²) in [6.07, 6.45) is 0. The van der Waals surface area contributed by atoms with Crippen molar-refractivity contribution in [2.24, 2.45) is 4.99 Å². The molecule has 0 fully saturated rings. The number of thioether (sulfide) groups is 1. The molecule has 1 N–H and O–H groups in total. The minimum atomic E-state index is -0.929. The Morgan fingerprint density at radius 2 is 2.45 bits per heavy atom. The molecular weight excluding hydrogens is 209 g/mol. The molecule has 0 aromatic heterocycles. The number of hydrogen-bond acceptors (Lipinski definition) is 3. The molecule has 0 bridgehead atoms. The van der Waals surface area contributed by atoms with Gasteiger partial charge < -0.3 is 5.11 Å². The topological polar surface area (TPSA) is 49.7 Å². The number of aliphatic imine (C=N–C) groups is 1. The minimum Gasteiger partial charge on any atom is -0.480 e. The molecular formula is C5H5Cl2NO2S. The maximum Gasteiger partial charge on any atom is 0.329 e. The molecule has 1 atom stereocenters. The van der Waals surface area contributed by atoms with Gasteiger partial charge in [-0.15, -0.1) is 11.8 Å². The Morgan fingerprint density at radius 1 is 1.82 bits per heavy atom. The van der Waals surface area contributed by atoms with Gasteiger partial charge in [-0.1, -0.05) is 23.2 Å². The molecule has 0 saturated carbocycles. The zero-order chi connectivity index (χ0) is 8.43. The summed E-state index contributed by atoms with van der Waals surface area (Å²) in [6.45, 7) is 0. The van der Waals surface area contributed by atoms with E-state index in [1.54, 1.807) is 0 Å². The van der Waals surface area contributed by atoms with E-state index >= 15 is 0 Å². The van der Waals surface area contributed by atoms with Crippen LogP contribution < -0.4 is 0 Å². The molecule has 6 heteroatoms. The van der Waals surface area contributed by atoms with Gasteiger partial charge in [0.05, 0.1) is 0 Å². The van der Waals surface area contributed by atoms with E-state index in [1.807, 2.05) is 0 Å². The van der Waals surface area contributed by atoms with Crippen molar-refractivity contribution < 1.29 is 9.90 Å². The second-order valence-corrected chi connectivity index (χ2v) is 4.07. The third kappa shape index (κ3) is 2.25. The summed E-state index contributed by atoms with van der Waals surface area (Å²) >= 11 is 12.2. The van der Waals surface area contributed by atoms with Crippen LogP contribution in [-0.4, -0.2) is 32.8 Å². The number of nitrogens with zero attached hydrogens (tertiary/aromatic N) is 1. The molecule has 0 amide bonds. The average molecular weight is 214 g/mol. The van der Waals surface area contributed by atoms with Crippen LogP contribution in [-0.2, 0) is 4.79 Å². The number of carboxylic acid groups (broad SMARTS) is 1. The Balaban J connectivity index is 2.61. The van der Waals surface area contributed by atoms with E-state index in [1.165, 1.54) is 11.8 Å². The fraction of sp³-hybridized carbons (Fsp3) is 0.600. The van der Waals surface area contributed by atoms with Crippen LogP contribution in [0.5, 0.6) is 0 Å². The molecule has 1 aliphatic heterocycles. The van der Waals surface area contributed by atoms with E-state index < -0.39 is 16.8 Å². The van der Waals surface area contributed by atoms with Crippen LogP contribution in [0.2, 0.25) is 0 Å². The zero-order valence-corrected chi connectivity index (χ0v) is 7.66. The molecule has 1 heterocycles. The maximum atomic E-state index is 10.4. The highest BCUT2D eigenvalue weighted by molar-refractivity contribution is 8.14. The van der Waals surface area contributed by atoms with Crippen molar-refractivity contribution in [3.63, 3.8) is 0 Å². The van der Waals surface area contributed by atoms with Crippen molar-refractivity contribution in [2.75, 3.05) is 5.75 Å². The average Bonchev–Trinajstić information content (AvgIpc) is 2.33. The highest BCUT2D eigenvalue weighted by Gasteiger charge is 2.26. The molecule has 0 saturated heterocycles. The van der Waals surface area contributed by atoms with E-state index in [9.17, 15) is 4.79 Å². The van der Waals surface area contributed by atoms with Crippen molar-refractivity contribution in [1.29, 1.82) is 0 Å². The number of alkyl halides is 2. The quantitative estimate of drug-likeness (QED) is 0.706. The third-order valence-corrected chi connectivity index (χ3v) is 2.94. The van der Waals surface area contributed by atoms with Gasteiger partial charge in [0.25, 0.3) is 0 Å². The van der Waals surface area contributed by atoms with Gasteiger partial charge in [0.15, 0.2) is 10.9 Å². The molecule has 3 nitrogen and oxygen atoms in total. The Bertz CT molecular complexity index is 207. The molecule has 1 aliphatic rings. The van der Waals surface area contributed by atoms with Crippen molar-refractivity contribution >= 4 is 46.0 Å². The van der Waals surface area contributed by atoms with Crippen molar-refractivity contribution in [2.45, 2.75) is 10.9 Å². The fourth-order valence-corrected chi connectivity index (χ4v) is 2.00. The summed E-state index contributed by atoms with van der Waals surface area (Å²) in [6, 6.07) is -0.671. The lowest BCUT2D eigenvalue weighted by molar-refractivity contribution is -0.137. The normalized spacial score (nSPS) is 23.9. The van der Waals surface area contributed by atoms with Gasteiger partial charge in [-0.2, -0.15) is 0 Å². The summed E-state index contributed by atoms with van der Waals surface area (Å²) in [5.41, 5.74) is 0. The lowest BCUT2D eigenvalue weighted by Gasteiger charge is -1.95. The predicted molar refractivity (Wildman–Crippen MR) is 46.8 cm³/mol. The molecule has 1 unspecified atom stereocenters. The van der Waals surface area contributed by atoms with E-state index in [2.05, 4.69) is 4.99 Å². The lowest BCUT2D eigenvalue weighted by atomic mass is 10.4. The Kier molecular flexibility index (Phi) is 3.04. The maximum absolute atomic E-state index is 10.4. The molecule has 0 aromatic rings. The molecule has 62 valence electrons. The first-order valence-electron chi connectivity index (χ1n) is 2.82. The first-order chi connectivity index (χ1) is 5.11. The van der Waals surface area contributed by atoms with Crippen LogP contribution in [0, 0.1) is 0 Å². The second kappa shape index (κ2) is 3.65. The fourth-order valence-electron chi connectivity index (χ4n) is 0.638. The summed E-state index contributed by atoms with van der Waals surface area (Å²) in [4.78, 5) is 13.5. The number of halogens is 2. The number of carboxylic acids is 1. The summed E-state index contributed by atoms with van der Waals surface area (Å²) in [5, 5.41) is 9.01. The first kappa shape index (κ1) is 9.16. The molecule has 0 radical (unpaired) electrons. The van der Waals surface area contributed by atoms with E-state index in [4.69, 9.17) is 28.3 Å². The smallest absolute Gasteiger partial charge is 0.329 e. The van der Waals surface area contributed by atoms with Crippen LogP contribution in [0.1, 0.15) is 0 Å². The lowest BCUT2D eigenvalue weighted by Crippen LogP contribution is -2.17. The van der Waals surface area contributed by atoms with Crippen molar-refractivity contribution in [3.8, 4) is 0 Å². The summed E-state index contributed by atoms with van der Waals surface area (Å²) in [7, 11) is 0. The standard InChI is InChI=1S/C5H5Cl2NO2S/c6-3(7)4-8-2(1-11-4)5(9)10/h2-3H,1H2,(H,9,10). The highest BCUT2D eigenvalue weighted by atomic mass is 35.5. The SMILES string of the molecule is O=C(O)C1CSC(C(Cl)Cl)=N1. The second-order valence-electron chi connectivity index (χ2n) is 1.93. The van der Waals surface area contributed by atoms with Gasteiger partial charge in [0, 0.05) is 5.75 Å². The minimum absolute atomic E-state index is 0.431. The molecule has 0 spiro atoms. The number of aliphatic carboxylic acids is 1. The van der Waals surface area contributed by atoms with Gasteiger partial charge in [-0.05, 0) is 0 Å². The van der Waals surface area contributed by atoms with Gasteiger partial charge in [0.2, 0.25) is 0 Å². The zero-order valence-electron chi connectivity index (χ0n) is 5.33. The Labute approximate surface area is 77.8 Å². The van der Waals surface area contributed by atoms with Crippen LogP contribution in [0.4, 0.5) is 0 Å². The molecule has 1 rings (SSSR count). The van der Waals surface area contributed by atoms with Gasteiger partial charge >= 0.3 is 5.97 Å². The van der Waals surface area contributed by atoms with Crippen LogP contribution in [0.15, 0.2) is 4.99 Å². The van der Waals surface area contributed by atoms with Crippen molar-refractivity contribution in [1.82, 2.24) is 0 Å². The Hall–Kier alpha value is 0.0700. The van der Waals surface area contributed by atoms with E-state index in [-0.39, 0.29) is 0 Å². The van der Waals surface area contributed by atoms with E-state index in [0.29, 0.717) is 10.8 Å². The summed E-state index contributed by atoms with van der Waals surface area (Å²) < 4.78 is 0. The van der Waals surface area contributed by atoms with Crippen LogP contribution in [0.25, 0.3) is 0 Å². The van der Waals surface area contributed by atoms with Gasteiger partial charge in [0.1, 0.15) is 5.04 Å². The molecule has 11 heavy (non-hydrogen) atoms. The molecule has 0 aromatic carbocycles. The highest BCUT2D eigenvalue weighted by Crippen LogP contribution is 2.24. The van der Waals surface area contributed by atoms with Gasteiger partial charge in [-0.3, -0.25) is 4.99 Å². The van der Waals surface area contributed by atoms with Gasteiger partial charge in [-0.25, -0.2) is 4.79 Å². The molecule has 0 aliphatic carbocycles. The number of rotatable bonds is 2. The summed E-state index contributed by atoms with van der Waals surface area (Å²) in [5.74, 6) is -0.498. The van der Waals surface area contributed by atoms with E-state index in [0.717, 1.165) is 0 Å². The number of carbonyl (C=O) groups is 1. The Morgan fingerprint density at radius 3 is 2.73 bits per heavy atom. The predicted octanol–water partition coefficient (Wildman–Crippen LogP) is 1.39. The van der Waals surface area contributed by atoms with Crippen LogP contribution >= 0.6 is 35.0 Å². The third-order valence-electron chi connectivity index (χ3n) is 1.14. The largest absolute Gasteiger partial charge is 0.480 e. The monoisotopic (exact) mass is 213 g/mol. The first-order valence-corrected chi connectivity index (χ1v) is 4.68. The number of hydrogen-bond donors (Lipinski definition) is 1.